The lowest BCUT2D eigenvalue weighted by atomic mass is 9.83. The second kappa shape index (κ2) is 5.54. The van der Waals surface area contributed by atoms with E-state index in [-0.39, 0.29) is 0 Å². The molecule has 2 heterocycles. The number of piperidine rings is 2. The van der Waals surface area contributed by atoms with Crippen LogP contribution in [0.25, 0.3) is 0 Å². The Hall–Kier alpha value is -1.20. The summed E-state index contributed by atoms with van der Waals surface area (Å²) in [6.07, 6.45) is 6.00. The number of hydrogen-bond donors (Lipinski definition) is 0. The van der Waals surface area contributed by atoms with Gasteiger partial charge < -0.3 is 0 Å². The van der Waals surface area contributed by atoms with E-state index in [1.807, 2.05) is 12.1 Å². The van der Waals surface area contributed by atoms with Gasteiger partial charge in [-0.1, -0.05) is 18.6 Å². The SMILES string of the molecule is CS(=O)(=O)c1ccc(CN2C3CCCC2CC(=O)C3)cc1. The summed E-state index contributed by atoms with van der Waals surface area (Å²) in [5.41, 5.74) is 1.12. The van der Waals surface area contributed by atoms with Crippen LogP contribution in [-0.4, -0.2) is 37.4 Å². The molecule has 2 unspecified atom stereocenters. The summed E-state index contributed by atoms with van der Waals surface area (Å²) < 4.78 is 23.0. The highest BCUT2D eigenvalue weighted by molar-refractivity contribution is 7.90. The van der Waals surface area contributed by atoms with Crippen LogP contribution >= 0.6 is 0 Å². The van der Waals surface area contributed by atoms with E-state index in [1.54, 1.807) is 12.1 Å². The molecule has 1 aromatic rings. The lowest BCUT2D eigenvalue weighted by Crippen LogP contribution is -2.51. The molecule has 21 heavy (non-hydrogen) atoms. The van der Waals surface area contributed by atoms with Crippen molar-refractivity contribution in [1.29, 1.82) is 0 Å². The van der Waals surface area contributed by atoms with Crippen molar-refractivity contribution in [1.82, 2.24) is 4.90 Å². The first kappa shape index (κ1) is 14.7. The number of carbonyl (C=O) groups is 1. The number of sulfone groups is 1. The summed E-state index contributed by atoms with van der Waals surface area (Å²) in [7, 11) is -3.13. The third-order valence-electron chi connectivity index (χ3n) is 4.66. The molecule has 3 rings (SSSR count). The summed E-state index contributed by atoms with van der Waals surface area (Å²) in [5.74, 6) is 0.397. The number of ketones is 1. The van der Waals surface area contributed by atoms with Gasteiger partial charge in [0.1, 0.15) is 5.78 Å². The maximum absolute atomic E-state index is 11.7. The predicted molar refractivity (Wildman–Crippen MR) is 80.8 cm³/mol. The molecule has 114 valence electrons. The second-order valence-corrected chi connectivity index (χ2v) is 8.29. The van der Waals surface area contributed by atoms with E-state index >= 15 is 0 Å². The second-order valence-electron chi connectivity index (χ2n) is 6.27. The highest BCUT2D eigenvalue weighted by Crippen LogP contribution is 2.33. The molecule has 2 fully saturated rings. The summed E-state index contributed by atoms with van der Waals surface area (Å²) in [6, 6.07) is 7.88. The van der Waals surface area contributed by atoms with Crippen LogP contribution in [0.15, 0.2) is 29.2 Å². The minimum atomic E-state index is -3.13. The van der Waals surface area contributed by atoms with Crippen LogP contribution in [0, 0.1) is 0 Å². The van der Waals surface area contributed by atoms with Crippen molar-refractivity contribution >= 4 is 15.6 Å². The van der Waals surface area contributed by atoms with Gasteiger partial charge in [-0.3, -0.25) is 9.69 Å². The van der Waals surface area contributed by atoms with Gasteiger partial charge in [0.15, 0.2) is 9.84 Å². The number of hydrogen-bond acceptors (Lipinski definition) is 4. The van der Waals surface area contributed by atoms with E-state index in [2.05, 4.69) is 4.90 Å². The maximum Gasteiger partial charge on any atom is 0.175 e. The fourth-order valence-corrected chi connectivity index (χ4v) is 4.21. The number of rotatable bonds is 3. The molecule has 1 aromatic carbocycles. The Morgan fingerprint density at radius 2 is 1.67 bits per heavy atom. The van der Waals surface area contributed by atoms with Crippen LogP contribution in [-0.2, 0) is 21.2 Å². The number of nitrogens with zero attached hydrogens (tertiary/aromatic N) is 1. The quantitative estimate of drug-likeness (QED) is 0.859. The van der Waals surface area contributed by atoms with E-state index in [0.29, 0.717) is 35.6 Å². The number of carbonyl (C=O) groups excluding carboxylic acids is 1. The Bertz CT molecular complexity index is 620. The van der Waals surface area contributed by atoms with E-state index in [4.69, 9.17) is 0 Å². The average molecular weight is 307 g/mol. The van der Waals surface area contributed by atoms with Gasteiger partial charge in [-0.15, -0.1) is 0 Å². The molecule has 4 nitrogen and oxygen atoms in total. The predicted octanol–water partition coefficient (Wildman–Crippen LogP) is 2.18. The molecule has 0 saturated carbocycles. The number of Topliss-reactive ketones (excluding diaryl/α,β-unsaturated/α-hetero) is 1. The number of fused-ring (bicyclic) bond motifs is 2. The Balaban J connectivity index is 1.76. The number of benzene rings is 1. The van der Waals surface area contributed by atoms with Gasteiger partial charge in [0.05, 0.1) is 4.90 Å². The molecule has 0 radical (unpaired) electrons. The third-order valence-corrected chi connectivity index (χ3v) is 5.78. The normalized spacial score (nSPS) is 26.8. The molecule has 2 atom stereocenters. The van der Waals surface area contributed by atoms with Crippen molar-refractivity contribution in [2.45, 2.75) is 55.6 Å². The highest BCUT2D eigenvalue weighted by Gasteiger charge is 2.37. The Morgan fingerprint density at radius 1 is 1.10 bits per heavy atom. The van der Waals surface area contributed by atoms with Crippen LogP contribution in [0.1, 0.15) is 37.7 Å². The minimum Gasteiger partial charge on any atom is -0.300 e. The summed E-state index contributed by atoms with van der Waals surface area (Å²) in [4.78, 5) is 14.5. The highest BCUT2D eigenvalue weighted by atomic mass is 32.2. The summed E-state index contributed by atoms with van der Waals surface area (Å²) in [5, 5.41) is 0. The molecule has 2 bridgehead atoms. The summed E-state index contributed by atoms with van der Waals surface area (Å²) >= 11 is 0. The maximum atomic E-state index is 11.7. The fraction of sp³-hybridized carbons (Fsp3) is 0.562. The molecular formula is C16H21NO3S. The Morgan fingerprint density at radius 3 is 2.19 bits per heavy atom. The molecule has 2 aliphatic rings. The van der Waals surface area contributed by atoms with Gasteiger partial charge >= 0.3 is 0 Å². The van der Waals surface area contributed by atoms with Crippen molar-refractivity contribution in [2.75, 3.05) is 6.26 Å². The zero-order valence-electron chi connectivity index (χ0n) is 12.3. The van der Waals surface area contributed by atoms with Crippen molar-refractivity contribution in [2.24, 2.45) is 0 Å². The van der Waals surface area contributed by atoms with E-state index in [1.165, 1.54) is 12.7 Å². The van der Waals surface area contributed by atoms with Crippen LogP contribution in [0.2, 0.25) is 0 Å². The Labute approximate surface area is 126 Å². The molecule has 2 aliphatic heterocycles. The van der Waals surface area contributed by atoms with Crippen molar-refractivity contribution in [3.8, 4) is 0 Å². The van der Waals surface area contributed by atoms with Gasteiger partial charge in [-0.25, -0.2) is 8.42 Å². The van der Waals surface area contributed by atoms with Gasteiger partial charge in [0, 0.05) is 37.7 Å². The van der Waals surface area contributed by atoms with E-state index in [9.17, 15) is 13.2 Å². The largest absolute Gasteiger partial charge is 0.300 e. The minimum absolute atomic E-state index is 0.361. The lowest BCUT2D eigenvalue weighted by Gasteiger charge is -2.45. The van der Waals surface area contributed by atoms with Crippen molar-refractivity contribution in [3.63, 3.8) is 0 Å². The van der Waals surface area contributed by atoms with Crippen LogP contribution in [0.5, 0.6) is 0 Å². The van der Waals surface area contributed by atoms with Crippen LogP contribution < -0.4 is 0 Å². The van der Waals surface area contributed by atoms with E-state index < -0.39 is 9.84 Å². The first-order chi connectivity index (χ1) is 9.93. The monoisotopic (exact) mass is 307 g/mol. The fourth-order valence-electron chi connectivity index (χ4n) is 3.58. The molecular weight excluding hydrogens is 286 g/mol. The standard InChI is InChI=1S/C16H21NO3S/c1-21(19,20)16-7-5-12(6-8-16)11-17-13-3-2-4-14(17)10-15(18)9-13/h5-8,13-14H,2-4,9-11H2,1H3. The first-order valence-corrected chi connectivity index (χ1v) is 9.39. The lowest BCUT2D eigenvalue weighted by molar-refractivity contribution is -0.127. The van der Waals surface area contributed by atoms with Crippen molar-refractivity contribution < 1.29 is 13.2 Å². The molecule has 5 heteroatoms. The molecule has 2 saturated heterocycles. The van der Waals surface area contributed by atoms with Crippen molar-refractivity contribution in [3.05, 3.63) is 29.8 Å². The molecule has 0 aliphatic carbocycles. The topological polar surface area (TPSA) is 54.5 Å². The van der Waals surface area contributed by atoms with Gasteiger partial charge in [-0.2, -0.15) is 0 Å². The van der Waals surface area contributed by atoms with Crippen LogP contribution in [0.4, 0.5) is 0 Å². The molecule has 0 spiro atoms. The molecule has 0 N–H and O–H groups in total. The third kappa shape index (κ3) is 3.19. The van der Waals surface area contributed by atoms with Crippen LogP contribution in [0.3, 0.4) is 0 Å². The zero-order valence-corrected chi connectivity index (χ0v) is 13.1. The van der Waals surface area contributed by atoms with Gasteiger partial charge in [-0.05, 0) is 30.5 Å². The van der Waals surface area contributed by atoms with Gasteiger partial charge in [0.25, 0.3) is 0 Å². The van der Waals surface area contributed by atoms with E-state index in [0.717, 1.165) is 24.9 Å². The average Bonchev–Trinajstić information content (AvgIpc) is 2.39. The van der Waals surface area contributed by atoms with Gasteiger partial charge in [0.2, 0.25) is 0 Å². The smallest absolute Gasteiger partial charge is 0.175 e. The zero-order chi connectivity index (χ0) is 15.0. The molecule has 0 amide bonds. The summed E-state index contributed by atoms with van der Waals surface area (Å²) in [6.45, 7) is 0.812. The first-order valence-electron chi connectivity index (χ1n) is 7.50. The Kier molecular flexibility index (Phi) is 3.88. The molecule has 0 aromatic heterocycles.